The van der Waals surface area contributed by atoms with Gasteiger partial charge in [0.1, 0.15) is 11.9 Å². The molecule has 4 nitrogen and oxygen atoms in total. The van der Waals surface area contributed by atoms with Crippen LogP contribution in [0.25, 0.3) is 0 Å². The monoisotopic (exact) mass is 237 g/mol. The highest BCUT2D eigenvalue weighted by Gasteiger charge is 2.18. The van der Waals surface area contributed by atoms with Crippen LogP contribution in [0, 0.1) is 5.82 Å². The second-order valence-electron chi connectivity index (χ2n) is 3.40. The minimum atomic E-state index is -1.14. The molecule has 0 heterocycles. The fourth-order valence-corrected chi connectivity index (χ4v) is 1.23. The molecule has 1 amide bonds. The van der Waals surface area contributed by atoms with E-state index in [1.165, 1.54) is 18.2 Å². The van der Waals surface area contributed by atoms with Gasteiger partial charge in [-0.25, -0.2) is 9.18 Å². The van der Waals surface area contributed by atoms with E-state index in [1.807, 2.05) is 0 Å². The average molecular weight is 237 g/mol. The average Bonchev–Trinajstić information content (AvgIpc) is 2.29. The van der Waals surface area contributed by atoms with Crippen molar-refractivity contribution in [3.63, 3.8) is 0 Å². The van der Waals surface area contributed by atoms with Crippen LogP contribution in [-0.2, 0) is 4.79 Å². The van der Waals surface area contributed by atoms with Gasteiger partial charge in [0, 0.05) is 5.56 Å². The van der Waals surface area contributed by atoms with Gasteiger partial charge in [-0.2, -0.15) is 0 Å². The Morgan fingerprint density at radius 3 is 2.47 bits per heavy atom. The lowest BCUT2D eigenvalue weighted by Crippen LogP contribution is -2.40. The molecule has 0 aliphatic rings. The van der Waals surface area contributed by atoms with E-state index in [0.29, 0.717) is 0 Å². The minimum absolute atomic E-state index is 0.127. The molecule has 5 heteroatoms. The molecule has 0 aliphatic carbocycles. The number of amides is 1. The van der Waals surface area contributed by atoms with E-state index in [-0.39, 0.29) is 12.0 Å². The summed E-state index contributed by atoms with van der Waals surface area (Å²) in [5.74, 6) is -2.15. The molecule has 1 aromatic rings. The van der Waals surface area contributed by atoms with Gasteiger partial charge < -0.3 is 10.4 Å². The Hall–Kier alpha value is -2.17. The number of halogens is 1. The second kappa shape index (κ2) is 5.79. The van der Waals surface area contributed by atoms with Crippen molar-refractivity contribution in [3.05, 3.63) is 48.3 Å². The van der Waals surface area contributed by atoms with E-state index < -0.39 is 23.7 Å². The zero-order valence-corrected chi connectivity index (χ0v) is 9.02. The zero-order chi connectivity index (χ0) is 12.8. The number of carboxylic acid groups (broad SMARTS) is 1. The summed E-state index contributed by atoms with van der Waals surface area (Å²) in [5.41, 5.74) is 0.210. The van der Waals surface area contributed by atoms with Gasteiger partial charge in [-0.05, 0) is 30.7 Å². The van der Waals surface area contributed by atoms with Crippen LogP contribution in [0.1, 0.15) is 16.8 Å². The number of hydrogen-bond donors (Lipinski definition) is 2. The molecular formula is C12H12FNO3. The highest BCUT2D eigenvalue weighted by molar-refractivity contribution is 5.96. The lowest BCUT2D eigenvalue weighted by molar-refractivity contribution is -0.139. The molecule has 2 N–H and O–H groups in total. The van der Waals surface area contributed by atoms with Crippen molar-refractivity contribution in [2.45, 2.75) is 12.5 Å². The van der Waals surface area contributed by atoms with Crippen molar-refractivity contribution in [3.8, 4) is 0 Å². The summed E-state index contributed by atoms with van der Waals surface area (Å²) >= 11 is 0. The maximum absolute atomic E-state index is 12.6. The first-order valence-corrected chi connectivity index (χ1v) is 4.94. The van der Waals surface area contributed by atoms with E-state index >= 15 is 0 Å². The molecule has 1 aromatic carbocycles. The molecule has 0 fully saturated rings. The van der Waals surface area contributed by atoms with Gasteiger partial charge in [-0.15, -0.1) is 6.58 Å². The number of hydrogen-bond acceptors (Lipinski definition) is 2. The van der Waals surface area contributed by atoms with Crippen LogP contribution in [0.15, 0.2) is 36.9 Å². The highest BCUT2D eigenvalue weighted by Crippen LogP contribution is 2.04. The van der Waals surface area contributed by atoms with E-state index in [9.17, 15) is 14.0 Å². The van der Waals surface area contributed by atoms with Crippen LogP contribution in [0.5, 0.6) is 0 Å². The molecule has 0 bridgehead atoms. The van der Waals surface area contributed by atoms with Gasteiger partial charge in [0.15, 0.2) is 0 Å². The second-order valence-corrected chi connectivity index (χ2v) is 3.40. The number of rotatable bonds is 5. The Morgan fingerprint density at radius 2 is 2.00 bits per heavy atom. The number of carboxylic acids is 1. The molecule has 1 atom stereocenters. The summed E-state index contributed by atoms with van der Waals surface area (Å²) < 4.78 is 12.6. The number of nitrogens with one attached hydrogen (secondary N) is 1. The Morgan fingerprint density at radius 1 is 1.41 bits per heavy atom. The van der Waals surface area contributed by atoms with Gasteiger partial charge >= 0.3 is 5.97 Å². The van der Waals surface area contributed by atoms with E-state index in [4.69, 9.17) is 5.11 Å². The van der Waals surface area contributed by atoms with Gasteiger partial charge in [0.25, 0.3) is 5.91 Å². The maximum atomic E-state index is 12.6. The molecule has 0 spiro atoms. The first-order chi connectivity index (χ1) is 8.04. The summed E-state index contributed by atoms with van der Waals surface area (Å²) in [4.78, 5) is 22.4. The smallest absolute Gasteiger partial charge is 0.326 e. The van der Waals surface area contributed by atoms with E-state index in [0.717, 1.165) is 12.1 Å². The van der Waals surface area contributed by atoms with Crippen LogP contribution < -0.4 is 5.32 Å². The molecule has 1 unspecified atom stereocenters. The summed E-state index contributed by atoms with van der Waals surface area (Å²) in [6.07, 6.45) is 1.53. The Labute approximate surface area is 97.8 Å². The van der Waals surface area contributed by atoms with Gasteiger partial charge in [0.2, 0.25) is 0 Å². The van der Waals surface area contributed by atoms with Crippen LogP contribution in [0.4, 0.5) is 4.39 Å². The fourth-order valence-electron chi connectivity index (χ4n) is 1.23. The summed E-state index contributed by atoms with van der Waals surface area (Å²) in [6.45, 7) is 3.41. The number of carbonyl (C=O) groups excluding carboxylic acids is 1. The quantitative estimate of drug-likeness (QED) is 0.764. The third-order valence-corrected chi connectivity index (χ3v) is 2.11. The topological polar surface area (TPSA) is 66.4 Å². The number of benzene rings is 1. The Bertz CT molecular complexity index is 428. The molecule has 17 heavy (non-hydrogen) atoms. The van der Waals surface area contributed by atoms with Crippen molar-refractivity contribution < 1.29 is 19.1 Å². The lowest BCUT2D eigenvalue weighted by atomic mass is 10.1. The fraction of sp³-hybridized carbons (Fsp3) is 0.167. The molecule has 0 saturated heterocycles. The standard InChI is InChI=1S/C12H12FNO3/c1-2-3-10(12(16)17)14-11(15)8-4-6-9(13)7-5-8/h2,4-7,10H,1,3H2,(H,14,15)(H,16,17). The first-order valence-electron chi connectivity index (χ1n) is 4.94. The number of carbonyl (C=O) groups is 2. The SMILES string of the molecule is C=CCC(NC(=O)c1ccc(F)cc1)C(=O)O. The summed E-state index contributed by atoms with van der Waals surface area (Å²) in [7, 11) is 0. The van der Waals surface area contributed by atoms with Gasteiger partial charge in [0.05, 0.1) is 0 Å². The van der Waals surface area contributed by atoms with Gasteiger partial charge in [-0.3, -0.25) is 4.79 Å². The van der Waals surface area contributed by atoms with Crippen LogP contribution >= 0.6 is 0 Å². The van der Waals surface area contributed by atoms with Crippen molar-refractivity contribution in [1.82, 2.24) is 5.32 Å². The lowest BCUT2D eigenvalue weighted by Gasteiger charge is -2.12. The van der Waals surface area contributed by atoms with Crippen molar-refractivity contribution in [1.29, 1.82) is 0 Å². The van der Waals surface area contributed by atoms with Crippen molar-refractivity contribution in [2.75, 3.05) is 0 Å². The van der Waals surface area contributed by atoms with Crippen molar-refractivity contribution in [2.24, 2.45) is 0 Å². The molecule has 0 aliphatic heterocycles. The van der Waals surface area contributed by atoms with Gasteiger partial charge in [-0.1, -0.05) is 6.08 Å². The van der Waals surface area contributed by atoms with Crippen LogP contribution in [0.2, 0.25) is 0 Å². The summed E-state index contributed by atoms with van der Waals surface area (Å²) in [6, 6.07) is 3.83. The molecule has 0 radical (unpaired) electrons. The predicted molar refractivity (Wildman–Crippen MR) is 60.1 cm³/mol. The minimum Gasteiger partial charge on any atom is -0.480 e. The van der Waals surface area contributed by atoms with Crippen molar-refractivity contribution >= 4 is 11.9 Å². The Balaban J connectivity index is 2.73. The molecule has 1 rings (SSSR count). The third-order valence-electron chi connectivity index (χ3n) is 2.11. The number of aliphatic carboxylic acids is 1. The van der Waals surface area contributed by atoms with Crippen LogP contribution in [0.3, 0.4) is 0 Å². The summed E-state index contributed by atoms with van der Waals surface area (Å²) in [5, 5.41) is 11.1. The highest BCUT2D eigenvalue weighted by atomic mass is 19.1. The van der Waals surface area contributed by atoms with E-state index in [1.54, 1.807) is 0 Å². The Kier molecular flexibility index (Phi) is 4.39. The normalized spacial score (nSPS) is 11.6. The molecule has 0 aromatic heterocycles. The predicted octanol–water partition coefficient (Wildman–Crippen LogP) is 1.58. The maximum Gasteiger partial charge on any atom is 0.326 e. The first kappa shape index (κ1) is 12.9. The molecule has 90 valence electrons. The van der Waals surface area contributed by atoms with E-state index in [2.05, 4.69) is 11.9 Å². The van der Waals surface area contributed by atoms with Crippen LogP contribution in [-0.4, -0.2) is 23.0 Å². The third kappa shape index (κ3) is 3.71. The largest absolute Gasteiger partial charge is 0.480 e. The molecular weight excluding hydrogens is 225 g/mol. The zero-order valence-electron chi connectivity index (χ0n) is 9.02. The molecule has 0 saturated carbocycles.